The van der Waals surface area contributed by atoms with Crippen LogP contribution in [0.4, 0.5) is 0 Å². The summed E-state index contributed by atoms with van der Waals surface area (Å²) in [6.07, 6.45) is 1.57. The Hall–Kier alpha value is -2.54. The molecule has 0 saturated carbocycles. The Labute approximate surface area is 149 Å². The van der Waals surface area contributed by atoms with Gasteiger partial charge in [-0.2, -0.15) is 4.98 Å². The first kappa shape index (κ1) is 16.0. The summed E-state index contributed by atoms with van der Waals surface area (Å²) in [6.45, 7) is 1.26. The van der Waals surface area contributed by atoms with E-state index in [1.807, 2.05) is 23.1 Å². The molecular formula is C18H17N3O3S. The van der Waals surface area contributed by atoms with Crippen LogP contribution in [0.2, 0.25) is 0 Å². The molecule has 1 aromatic carbocycles. The van der Waals surface area contributed by atoms with Crippen molar-refractivity contribution >= 4 is 17.7 Å². The minimum absolute atomic E-state index is 0.110. The fourth-order valence-electron chi connectivity index (χ4n) is 2.67. The van der Waals surface area contributed by atoms with E-state index in [0.29, 0.717) is 36.3 Å². The predicted octanol–water partition coefficient (Wildman–Crippen LogP) is 3.19. The van der Waals surface area contributed by atoms with Crippen molar-refractivity contribution in [1.82, 2.24) is 15.0 Å². The van der Waals surface area contributed by atoms with E-state index in [1.165, 1.54) is 5.56 Å². The van der Waals surface area contributed by atoms with Gasteiger partial charge in [0.1, 0.15) is 0 Å². The summed E-state index contributed by atoms with van der Waals surface area (Å²) in [5, 5.41) is 3.93. The Morgan fingerprint density at radius 3 is 2.80 bits per heavy atom. The second-order valence-electron chi connectivity index (χ2n) is 5.91. The van der Waals surface area contributed by atoms with Gasteiger partial charge in [0.05, 0.1) is 17.9 Å². The van der Waals surface area contributed by atoms with Gasteiger partial charge in [-0.25, -0.2) is 0 Å². The molecule has 0 spiro atoms. The number of hydrogen-bond acceptors (Lipinski definition) is 6. The second-order valence-corrected chi connectivity index (χ2v) is 6.89. The molecule has 0 radical (unpaired) electrons. The zero-order valence-electron chi connectivity index (χ0n) is 13.5. The molecule has 1 saturated heterocycles. The van der Waals surface area contributed by atoms with Crippen molar-refractivity contribution in [3.05, 3.63) is 60.2 Å². The van der Waals surface area contributed by atoms with Crippen LogP contribution in [0.3, 0.4) is 0 Å². The lowest BCUT2D eigenvalue weighted by molar-refractivity contribution is -0.133. The van der Waals surface area contributed by atoms with Crippen LogP contribution in [0.5, 0.6) is 0 Å². The monoisotopic (exact) mass is 355 g/mol. The predicted molar refractivity (Wildman–Crippen MR) is 93.9 cm³/mol. The van der Waals surface area contributed by atoms with Gasteiger partial charge in [0.2, 0.25) is 17.6 Å². The molecule has 3 heterocycles. The van der Waals surface area contributed by atoms with Crippen LogP contribution >= 0.6 is 11.8 Å². The average molecular weight is 355 g/mol. The van der Waals surface area contributed by atoms with Crippen molar-refractivity contribution in [2.45, 2.75) is 11.7 Å². The first-order chi connectivity index (χ1) is 12.3. The molecule has 1 amide bonds. The fourth-order valence-corrected chi connectivity index (χ4v) is 3.55. The molecule has 0 aliphatic carbocycles. The van der Waals surface area contributed by atoms with Gasteiger partial charge in [-0.1, -0.05) is 35.5 Å². The van der Waals surface area contributed by atoms with Crippen LogP contribution in [0.1, 0.15) is 17.4 Å². The zero-order chi connectivity index (χ0) is 17.1. The molecule has 6 nitrogen and oxygen atoms in total. The zero-order valence-corrected chi connectivity index (χ0v) is 14.3. The Morgan fingerprint density at radius 2 is 2.04 bits per heavy atom. The highest BCUT2D eigenvalue weighted by atomic mass is 32.2. The number of nitrogens with zero attached hydrogens (tertiary/aromatic N) is 3. The molecule has 0 unspecified atom stereocenters. The molecular weight excluding hydrogens is 338 g/mol. The molecule has 1 aliphatic rings. The van der Waals surface area contributed by atoms with Gasteiger partial charge in [0.25, 0.3) is 0 Å². The third kappa shape index (κ3) is 3.61. The molecule has 128 valence electrons. The van der Waals surface area contributed by atoms with Crippen LogP contribution in [0.15, 0.2) is 57.7 Å². The molecule has 1 fully saturated rings. The standard InChI is InChI=1S/C18H17N3O3S/c22-16(12-25-11-13-5-2-1-3-6-13)21-9-14(10-21)18-19-17(20-24-18)15-7-4-8-23-15/h1-8,14H,9-12H2. The lowest BCUT2D eigenvalue weighted by atomic mass is 10.0. The lowest BCUT2D eigenvalue weighted by Gasteiger charge is -2.37. The maximum absolute atomic E-state index is 12.2. The molecule has 0 N–H and O–H groups in total. The minimum Gasteiger partial charge on any atom is -0.461 e. The summed E-state index contributed by atoms with van der Waals surface area (Å²) in [7, 11) is 0. The molecule has 2 aromatic heterocycles. The van der Waals surface area contributed by atoms with E-state index in [0.717, 1.165) is 5.75 Å². The fraction of sp³-hybridized carbons (Fsp3) is 0.278. The van der Waals surface area contributed by atoms with Gasteiger partial charge < -0.3 is 13.8 Å². The van der Waals surface area contributed by atoms with Gasteiger partial charge >= 0.3 is 0 Å². The topological polar surface area (TPSA) is 72.4 Å². The smallest absolute Gasteiger partial charge is 0.238 e. The number of aromatic nitrogens is 2. The van der Waals surface area contributed by atoms with E-state index in [4.69, 9.17) is 8.94 Å². The Bertz CT molecular complexity index is 826. The number of thioether (sulfide) groups is 1. The highest BCUT2D eigenvalue weighted by Gasteiger charge is 2.35. The number of carbonyl (C=O) groups is 1. The van der Waals surface area contributed by atoms with Crippen LogP contribution in [0.25, 0.3) is 11.6 Å². The van der Waals surface area contributed by atoms with E-state index >= 15 is 0 Å². The lowest BCUT2D eigenvalue weighted by Crippen LogP contribution is -2.49. The van der Waals surface area contributed by atoms with Crippen molar-refractivity contribution < 1.29 is 13.7 Å². The molecule has 3 aromatic rings. The minimum atomic E-state index is 0.110. The maximum Gasteiger partial charge on any atom is 0.238 e. The first-order valence-corrected chi connectivity index (χ1v) is 9.22. The van der Waals surface area contributed by atoms with Crippen LogP contribution in [0, 0.1) is 0 Å². The number of amides is 1. The molecule has 25 heavy (non-hydrogen) atoms. The van der Waals surface area contributed by atoms with Gasteiger partial charge in [0, 0.05) is 18.8 Å². The molecule has 4 rings (SSSR count). The number of hydrogen-bond donors (Lipinski definition) is 0. The summed E-state index contributed by atoms with van der Waals surface area (Å²) in [5.41, 5.74) is 1.23. The molecule has 1 aliphatic heterocycles. The van der Waals surface area contributed by atoms with Gasteiger partial charge in [-0.05, 0) is 17.7 Å². The van der Waals surface area contributed by atoms with E-state index in [-0.39, 0.29) is 11.8 Å². The van der Waals surface area contributed by atoms with Crippen molar-refractivity contribution in [2.24, 2.45) is 0 Å². The number of rotatable bonds is 6. The Morgan fingerprint density at radius 1 is 1.20 bits per heavy atom. The van der Waals surface area contributed by atoms with Crippen molar-refractivity contribution in [3.8, 4) is 11.6 Å². The summed E-state index contributed by atoms with van der Waals surface area (Å²) in [5.74, 6) is 3.20. The Kier molecular flexibility index (Phi) is 4.56. The van der Waals surface area contributed by atoms with Crippen molar-refractivity contribution in [2.75, 3.05) is 18.8 Å². The number of likely N-dealkylation sites (tertiary alicyclic amines) is 1. The summed E-state index contributed by atoms with van der Waals surface area (Å²) < 4.78 is 10.5. The molecule has 7 heteroatoms. The van der Waals surface area contributed by atoms with Crippen LogP contribution in [-0.4, -0.2) is 39.8 Å². The van der Waals surface area contributed by atoms with Gasteiger partial charge in [-0.3, -0.25) is 4.79 Å². The van der Waals surface area contributed by atoms with Gasteiger partial charge in [0.15, 0.2) is 5.76 Å². The third-order valence-electron chi connectivity index (χ3n) is 4.10. The van der Waals surface area contributed by atoms with Crippen LogP contribution in [-0.2, 0) is 10.5 Å². The van der Waals surface area contributed by atoms with Crippen LogP contribution < -0.4 is 0 Å². The van der Waals surface area contributed by atoms with Crippen molar-refractivity contribution in [3.63, 3.8) is 0 Å². The third-order valence-corrected chi connectivity index (χ3v) is 5.09. The largest absolute Gasteiger partial charge is 0.461 e. The SMILES string of the molecule is O=C(CSCc1ccccc1)N1CC(c2nc(-c3ccco3)no2)C1. The summed E-state index contributed by atoms with van der Waals surface area (Å²) in [4.78, 5) is 18.4. The van der Waals surface area contributed by atoms with E-state index in [1.54, 1.807) is 30.2 Å². The van der Waals surface area contributed by atoms with Crippen molar-refractivity contribution in [1.29, 1.82) is 0 Å². The van der Waals surface area contributed by atoms with E-state index < -0.39 is 0 Å². The first-order valence-electron chi connectivity index (χ1n) is 8.06. The average Bonchev–Trinajstić information content (AvgIpc) is 3.26. The quantitative estimate of drug-likeness (QED) is 0.676. The highest BCUT2D eigenvalue weighted by molar-refractivity contribution is 7.99. The highest BCUT2D eigenvalue weighted by Crippen LogP contribution is 2.28. The molecule has 0 atom stereocenters. The number of benzene rings is 1. The maximum atomic E-state index is 12.2. The normalized spacial score (nSPS) is 14.5. The van der Waals surface area contributed by atoms with E-state index in [2.05, 4.69) is 22.3 Å². The summed E-state index contributed by atoms with van der Waals surface area (Å²) in [6, 6.07) is 13.7. The molecule has 0 bridgehead atoms. The number of furan rings is 1. The number of carbonyl (C=O) groups excluding carboxylic acids is 1. The van der Waals surface area contributed by atoms with E-state index in [9.17, 15) is 4.79 Å². The van der Waals surface area contributed by atoms with Gasteiger partial charge in [-0.15, -0.1) is 11.8 Å². The second kappa shape index (κ2) is 7.14. The summed E-state index contributed by atoms with van der Waals surface area (Å²) >= 11 is 1.64. The Balaban J connectivity index is 1.24.